The first-order valence-corrected chi connectivity index (χ1v) is 9.66. The van der Waals surface area contributed by atoms with Crippen molar-refractivity contribution in [2.75, 3.05) is 7.11 Å². The minimum atomic E-state index is -0.501. The summed E-state index contributed by atoms with van der Waals surface area (Å²) in [6, 6.07) is 11.2. The van der Waals surface area contributed by atoms with Gasteiger partial charge in [-0.25, -0.2) is 4.98 Å². The lowest BCUT2D eigenvalue weighted by molar-refractivity contribution is 0.00578. The van der Waals surface area contributed by atoms with Gasteiger partial charge in [0.05, 0.1) is 29.5 Å². The number of aromatic nitrogens is 2. The average molecular weight is 392 g/mol. The van der Waals surface area contributed by atoms with Crippen LogP contribution in [0.1, 0.15) is 33.3 Å². The zero-order valence-corrected chi connectivity index (χ0v) is 17.6. The molecule has 2 heterocycles. The lowest BCUT2D eigenvalue weighted by Gasteiger charge is -2.32. The van der Waals surface area contributed by atoms with E-state index in [2.05, 4.69) is 4.98 Å². The predicted octanol–water partition coefficient (Wildman–Crippen LogP) is 3.00. The van der Waals surface area contributed by atoms with Crippen LogP contribution in [0.25, 0.3) is 16.6 Å². The molecule has 4 rings (SSSR count). The summed E-state index contributed by atoms with van der Waals surface area (Å²) in [6.07, 6.45) is 1.56. The highest BCUT2D eigenvalue weighted by Crippen LogP contribution is 2.36. The standard InChI is InChI=1S/C22H25BN2O4/c1-14-15(23-28-21(2,3)22(4,5)29-23)9-7-11-17(14)25-13-24-16-10-8-12-18(27-6)19(16)20(25)26/h7-13H,1-6H3. The van der Waals surface area contributed by atoms with Crippen molar-refractivity contribution in [1.29, 1.82) is 0 Å². The van der Waals surface area contributed by atoms with Crippen LogP contribution in [0, 0.1) is 6.92 Å². The number of methoxy groups -OCH3 is 1. The first-order chi connectivity index (χ1) is 13.7. The number of fused-ring (bicyclic) bond motifs is 1. The second kappa shape index (κ2) is 6.71. The van der Waals surface area contributed by atoms with Crippen LogP contribution in [0.4, 0.5) is 0 Å². The minimum absolute atomic E-state index is 0.179. The van der Waals surface area contributed by atoms with Gasteiger partial charge in [0.2, 0.25) is 0 Å². The fraction of sp³-hybridized carbons (Fsp3) is 0.364. The lowest BCUT2D eigenvalue weighted by Crippen LogP contribution is -2.41. The number of benzene rings is 2. The predicted molar refractivity (Wildman–Crippen MR) is 114 cm³/mol. The van der Waals surface area contributed by atoms with Gasteiger partial charge in [-0.2, -0.15) is 0 Å². The summed E-state index contributed by atoms with van der Waals surface area (Å²) in [7, 11) is 1.05. The molecule has 150 valence electrons. The van der Waals surface area contributed by atoms with Gasteiger partial charge in [-0.1, -0.05) is 18.2 Å². The van der Waals surface area contributed by atoms with Gasteiger partial charge >= 0.3 is 7.12 Å². The van der Waals surface area contributed by atoms with Crippen molar-refractivity contribution in [1.82, 2.24) is 9.55 Å². The van der Waals surface area contributed by atoms with Crippen LogP contribution in [0.15, 0.2) is 47.5 Å². The van der Waals surface area contributed by atoms with E-state index in [4.69, 9.17) is 14.0 Å². The molecule has 1 saturated heterocycles. The molecule has 6 nitrogen and oxygen atoms in total. The molecule has 0 radical (unpaired) electrons. The second-order valence-electron chi connectivity index (χ2n) is 8.35. The topological polar surface area (TPSA) is 62.6 Å². The molecule has 0 N–H and O–H groups in total. The summed E-state index contributed by atoms with van der Waals surface area (Å²) in [5.74, 6) is 0.508. The number of rotatable bonds is 3. The van der Waals surface area contributed by atoms with Crippen LogP contribution < -0.4 is 15.8 Å². The van der Waals surface area contributed by atoms with Crippen LogP contribution in [-0.2, 0) is 9.31 Å². The molecule has 3 aromatic rings. The Morgan fingerprint density at radius 3 is 2.34 bits per heavy atom. The summed E-state index contributed by atoms with van der Waals surface area (Å²) in [6.45, 7) is 10.1. The third-order valence-electron chi connectivity index (χ3n) is 6.08. The summed E-state index contributed by atoms with van der Waals surface area (Å²) in [5.41, 5.74) is 2.09. The molecular formula is C22H25BN2O4. The van der Waals surface area contributed by atoms with Crippen molar-refractivity contribution in [2.45, 2.75) is 45.8 Å². The molecule has 1 fully saturated rings. The van der Waals surface area contributed by atoms with Gasteiger partial charge in [0, 0.05) is 0 Å². The molecule has 2 aromatic carbocycles. The molecule has 29 heavy (non-hydrogen) atoms. The van der Waals surface area contributed by atoms with Crippen molar-refractivity contribution in [2.24, 2.45) is 0 Å². The van der Waals surface area contributed by atoms with E-state index in [9.17, 15) is 4.79 Å². The van der Waals surface area contributed by atoms with Crippen molar-refractivity contribution in [3.8, 4) is 11.4 Å². The van der Waals surface area contributed by atoms with E-state index in [1.54, 1.807) is 30.1 Å². The Kier molecular flexibility index (Phi) is 4.55. The van der Waals surface area contributed by atoms with Gasteiger partial charge < -0.3 is 14.0 Å². The van der Waals surface area contributed by atoms with Crippen LogP contribution in [0.5, 0.6) is 5.75 Å². The Morgan fingerprint density at radius 1 is 1.03 bits per heavy atom. The zero-order chi connectivity index (χ0) is 21.0. The monoisotopic (exact) mass is 392 g/mol. The van der Waals surface area contributed by atoms with Crippen LogP contribution in [0.2, 0.25) is 0 Å². The van der Waals surface area contributed by atoms with E-state index < -0.39 is 18.3 Å². The van der Waals surface area contributed by atoms with Gasteiger partial charge in [0.25, 0.3) is 5.56 Å². The average Bonchev–Trinajstić information content (AvgIpc) is 2.89. The molecule has 0 amide bonds. The molecular weight excluding hydrogens is 367 g/mol. The molecule has 1 aliphatic heterocycles. The normalized spacial score (nSPS) is 17.7. The van der Waals surface area contributed by atoms with Crippen molar-refractivity contribution in [3.05, 3.63) is 58.6 Å². The number of ether oxygens (including phenoxy) is 1. The third kappa shape index (κ3) is 3.05. The molecule has 0 unspecified atom stereocenters. The van der Waals surface area contributed by atoms with E-state index >= 15 is 0 Å². The van der Waals surface area contributed by atoms with Crippen LogP contribution in [-0.4, -0.2) is 35.0 Å². The molecule has 7 heteroatoms. The third-order valence-corrected chi connectivity index (χ3v) is 6.08. The highest BCUT2D eigenvalue weighted by atomic mass is 16.7. The quantitative estimate of drug-likeness (QED) is 0.642. The van der Waals surface area contributed by atoms with Crippen LogP contribution >= 0.6 is 0 Å². The molecule has 0 atom stereocenters. The Morgan fingerprint density at radius 2 is 1.69 bits per heavy atom. The summed E-state index contributed by atoms with van der Waals surface area (Å²) >= 11 is 0. The van der Waals surface area contributed by atoms with Crippen LogP contribution in [0.3, 0.4) is 0 Å². The molecule has 0 saturated carbocycles. The first-order valence-electron chi connectivity index (χ1n) is 9.66. The van der Waals surface area contributed by atoms with E-state index in [1.165, 1.54) is 0 Å². The minimum Gasteiger partial charge on any atom is -0.496 e. The summed E-state index contributed by atoms with van der Waals surface area (Å²) in [5, 5.41) is 0.456. The molecule has 0 spiro atoms. The van der Waals surface area contributed by atoms with E-state index in [0.717, 1.165) is 16.7 Å². The number of hydrogen-bond acceptors (Lipinski definition) is 5. The second-order valence-corrected chi connectivity index (χ2v) is 8.35. The largest absolute Gasteiger partial charge is 0.496 e. The Balaban J connectivity index is 1.85. The molecule has 1 aromatic heterocycles. The fourth-order valence-electron chi connectivity index (χ4n) is 3.60. The number of hydrogen-bond donors (Lipinski definition) is 0. The maximum atomic E-state index is 13.3. The van der Waals surface area contributed by atoms with Gasteiger partial charge in [-0.15, -0.1) is 0 Å². The van der Waals surface area contributed by atoms with E-state index in [1.807, 2.05) is 58.9 Å². The Hall–Kier alpha value is -2.64. The summed E-state index contributed by atoms with van der Waals surface area (Å²) in [4.78, 5) is 17.7. The van der Waals surface area contributed by atoms with Gasteiger partial charge in [-0.05, 0) is 63.8 Å². The van der Waals surface area contributed by atoms with E-state index in [0.29, 0.717) is 16.7 Å². The van der Waals surface area contributed by atoms with Gasteiger partial charge in [-0.3, -0.25) is 9.36 Å². The highest BCUT2D eigenvalue weighted by molar-refractivity contribution is 6.62. The maximum Gasteiger partial charge on any atom is 0.495 e. The van der Waals surface area contributed by atoms with Gasteiger partial charge in [0.15, 0.2) is 0 Å². The first kappa shape index (κ1) is 19.7. The molecule has 0 bridgehead atoms. The van der Waals surface area contributed by atoms with E-state index in [-0.39, 0.29) is 5.56 Å². The SMILES string of the molecule is COc1cccc2ncn(-c3cccc(B4OC(C)(C)C(C)(C)O4)c3C)c(=O)c12. The van der Waals surface area contributed by atoms with Crippen molar-refractivity contribution >= 4 is 23.5 Å². The smallest absolute Gasteiger partial charge is 0.495 e. The zero-order valence-electron chi connectivity index (χ0n) is 17.6. The Bertz CT molecular complexity index is 1140. The Labute approximate surface area is 170 Å². The summed E-state index contributed by atoms with van der Waals surface area (Å²) < 4.78 is 19.4. The lowest BCUT2D eigenvalue weighted by atomic mass is 9.76. The van der Waals surface area contributed by atoms with Gasteiger partial charge in [0.1, 0.15) is 17.5 Å². The van der Waals surface area contributed by atoms with Crippen molar-refractivity contribution in [3.63, 3.8) is 0 Å². The fourth-order valence-corrected chi connectivity index (χ4v) is 3.60. The number of nitrogens with zero attached hydrogens (tertiary/aromatic N) is 2. The molecule has 1 aliphatic rings. The maximum absolute atomic E-state index is 13.3. The highest BCUT2D eigenvalue weighted by Gasteiger charge is 2.52. The van der Waals surface area contributed by atoms with Crippen molar-refractivity contribution < 1.29 is 14.0 Å². The molecule has 0 aliphatic carbocycles.